The van der Waals surface area contributed by atoms with Crippen LogP contribution < -0.4 is 0 Å². The Balaban J connectivity index is 1.71. The van der Waals surface area contributed by atoms with Crippen LogP contribution in [0.2, 0.25) is 13.1 Å². The molecule has 1 saturated carbocycles. The fraction of sp³-hybridized carbons (Fsp3) is 0.708. The smallest absolute Gasteiger partial charge is 0.203 e. The molecule has 4 aliphatic rings. The lowest BCUT2D eigenvalue weighted by molar-refractivity contribution is -0.0234. The average Bonchev–Trinajstić information content (AvgIpc) is 2.99. The molecule has 0 radical (unpaired) electrons. The van der Waals surface area contributed by atoms with Gasteiger partial charge in [-0.3, -0.25) is 0 Å². The molecule has 0 amide bonds. The Morgan fingerprint density at radius 3 is 2.69 bits per heavy atom. The summed E-state index contributed by atoms with van der Waals surface area (Å²) in [4.78, 5) is 0. The van der Waals surface area contributed by atoms with Crippen molar-refractivity contribution in [3.8, 4) is 6.07 Å². The van der Waals surface area contributed by atoms with E-state index >= 15 is 0 Å². The molecule has 0 bridgehead atoms. The van der Waals surface area contributed by atoms with Crippen LogP contribution in [-0.2, 0) is 9.16 Å². The number of rotatable bonds is 4. The van der Waals surface area contributed by atoms with Crippen molar-refractivity contribution in [3.05, 3.63) is 35.1 Å². The van der Waals surface area contributed by atoms with Gasteiger partial charge in [0.05, 0.1) is 18.9 Å². The van der Waals surface area contributed by atoms with Crippen molar-refractivity contribution in [1.29, 1.82) is 5.26 Å². The van der Waals surface area contributed by atoms with E-state index in [0.717, 1.165) is 44.3 Å². The van der Waals surface area contributed by atoms with E-state index in [2.05, 4.69) is 51.2 Å². The highest BCUT2D eigenvalue weighted by Gasteiger charge is 2.64. The summed E-state index contributed by atoms with van der Waals surface area (Å²) in [6.45, 7) is 9.00. The van der Waals surface area contributed by atoms with Crippen molar-refractivity contribution in [2.45, 2.75) is 71.1 Å². The molecule has 0 spiro atoms. The van der Waals surface area contributed by atoms with E-state index in [1.807, 2.05) is 0 Å². The number of alkyl halides is 1. The normalized spacial score (nSPS) is 41.2. The van der Waals surface area contributed by atoms with Crippen molar-refractivity contribution in [2.75, 3.05) is 12.6 Å². The Morgan fingerprint density at radius 1 is 1.28 bits per heavy atom. The summed E-state index contributed by atoms with van der Waals surface area (Å²) in [6.07, 6.45) is 13.2. The summed E-state index contributed by atoms with van der Waals surface area (Å²) in [7, 11) is -0.293. The quantitative estimate of drug-likeness (QED) is 0.299. The van der Waals surface area contributed by atoms with E-state index in [0.29, 0.717) is 17.3 Å². The van der Waals surface area contributed by atoms with Gasteiger partial charge in [0.1, 0.15) is 5.60 Å². The number of nitrogens with zero attached hydrogens (tertiary/aromatic N) is 1. The molecule has 3 nitrogen and oxygen atoms in total. The fourth-order valence-electron chi connectivity index (χ4n) is 6.65. The minimum absolute atomic E-state index is 0.106. The first-order chi connectivity index (χ1) is 13.6. The predicted molar refractivity (Wildman–Crippen MR) is 120 cm³/mol. The van der Waals surface area contributed by atoms with E-state index in [9.17, 15) is 5.26 Å². The van der Waals surface area contributed by atoms with Gasteiger partial charge in [-0.1, -0.05) is 31.6 Å². The molecule has 0 N–H and O–H groups in total. The third-order valence-electron chi connectivity index (χ3n) is 8.45. The second-order valence-corrected chi connectivity index (χ2v) is 15.3. The van der Waals surface area contributed by atoms with Crippen LogP contribution in [0.25, 0.3) is 0 Å². The second kappa shape index (κ2) is 7.01. The summed E-state index contributed by atoms with van der Waals surface area (Å²) in [5.74, 6) is 2.10. The topological polar surface area (TPSA) is 42.2 Å². The molecular formula is C24H34ClNO2Si. The predicted octanol–water partition coefficient (Wildman–Crippen LogP) is 6.27. The number of hydrogen-bond donors (Lipinski definition) is 0. The Bertz CT molecular complexity index is 840. The van der Waals surface area contributed by atoms with Gasteiger partial charge in [0.15, 0.2) is 0 Å². The van der Waals surface area contributed by atoms with Gasteiger partial charge < -0.3 is 9.16 Å². The van der Waals surface area contributed by atoms with E-state index in [4.69, 9.17) is 20.8 Å². The molecule has 0 unspecified atom stereocenters. The monoisotopic (exact) mass is 431 g/mol. The first-order valence-corrected chi connectivity index (χ1v) is 14.6. The molecule has 0 aliphatic heterocycles. The summed E-state index contributed by atoms with van der Waals surface area (Å²) < 4.78 is 12.2. The maximum Gasteiger partial charge on any atom is 0.203 e. The molecule has 5 atom stereocenters. The second-order valence-electron chi connectivity index (χ2n) is 10.5. The Hall–Kier alpha value is -1.02. The van der Waals surface area contributed by atoms with Crippen molar-refractivity contribution in [2.24, 2.45) is 22.7 Å². The largest absolute Gasteiger partial charge is 0.501 e. The SMILES string of the molecule is COC1=CC2=CC[C@@H]3C(=CC[C@@]4(C)[C@H]3CC[C@@]4(C#N)O[Si](C)(C)CCl)[C@@]2(C)CC1. The third-order valence-corrected chi connectivity index (χ3v) is 11.9. The Labute approximate surface area is 181 Å². The zero-order valence-corrected chi connectivity index (χ0v) is 20.2. The minimum Gasteiger partial charge on any atom is -0.501 e. The maximum absolute atomic E-state index is 10.3. The molecule has 0 aromatic heterocycles. The number of halogens is 1. The standard InChI is InChI=1S/C24H34ClNO2Si/c1-22-11-8-18(27-3)14-17(22)6-7-19-20(22)9-12-23(2)21(19)10-13-24(23,15-26)28-29(4,5)16-25/h6,9,14,19,21H,7-8,10-13,16H2,1-5H3/t19-,21+,22+,23+,24+/m1/s1. The number of fused-ring (bicyclic) bond motifs is 5. The summed E-state index contributed by atoms with van der Waals surface area (Å²) in [6, 6.07) is 2.67. The van der Waals surface area contributed by atoms with Gasteiger partial charge in [-0.15, -0.1) is 11.6 Å². The average molecular weight is 432 g/mol. The number of nitriles is 1. The van der Waals surface area contributed by atoms with Crippen LogP contribution in [0, 0.1) is 34.0 Å². The Kier molecular flexibility index (Phi) is 5.13. The third kappa shape index (κ3) is 2.99. The molecule has 4 aliphatic carbocycles. The molecule has 0 aromatic carbocycles. The maximum atomic E-state index is 10.3. The zero-order chi connectivity index (χ0) is 21.1. The summed E-state index contributed by atoms with van der Waals surface area (Å²) in [5, 5.41) is 10.3. The van der Waals surface area contributed by atoms with Gasteiger partial charge in [-0.2, -0.15) is 5.26 Å². The molecule has 158 valence electrons. The van der Waals surface area contributed by atoms with Crippen LogP contribution in [-0.4, -0.2) is 26.5 Å². The van der Waals surface area contributed by atoms with Crippen LogP contribution in [0.5, 0.6) is 0 Å². The lowest BCUT2D eigenvalue weighted by Crippen LogP contribution is -2.55. The van der Waals surface area contributed by atoms with E-state index in [-0.39, 0.29) is 10.8 Å². The van der Waals surface area contributed by atoms with Crippen LogP contribution in [0.3, 0.4) is 0 Å². The molecule has 0 heterocycles. The number of ether oxygens (including phenoxy) is 1. The van der Waals surface area contributed by atoms with Crippen LogP contribution >= 0.6 is 11.6 Å². The van der Waals surface area contributed by atoms with Gasteiger partial charge in [0.25, 0.3) is 0 Å². The molecular weight excluding hydrogens is 398 g/mol. The highest BCUT2D eigenvalue weighted by molar-refractivity contribution is 6.77. The van der Waals surface area contributed by atoms with Crippen LogP contribution in [0.15, 0.2) is 35.1 Å². The van der Waals surface area contributed by atoms with E-state index < -0.39 is 13.9 Å². The van der Waals surface area contributed by atoms with Crippen molar-refractivity contribution in [3.63, 3.8) is 0 Å². The Morgan fingerprint density at radius 2 is 2.03 bits per heavy atom. The molecule has 1 fully saturated rings. The van der Waals surface area contributed by atoms with Gasteiger partial charge in [0, 0.05) is 22.8 Å². The van der Waals surface area contributed by atoms with Gasteiger partial charge in [0.2, 0.25) is 8.32 Å². The summed E-state index contributed by atoms with van der Waals surface area (Å²) >= 11 is 6.23. The van der Waals surface area contributed by atoms with Crippen molar-refractivity contribution >= 4 is 19.9 Å². The molecule has 4 rings (SSSR count). The highest BCUT2D eigenvalue weighted by Crippen LogP contribution is 2.65. The van der Waals surface area contributed by atoms with E-state index in [1.54, 1.807) is 12.7 Å². The van der Waals surface area contributed by atoms with E-state index in [1.165, 1.54) is 5.57 Å². The van der Waals surface area contributed by atoms with Crippen LogP contribution in [0.4, 0.5) is 0 Å². The fourth-order valence-corrected chi connectivity index (χ4v) is 8.19. The molecule has 5 heteroatoms. The van der Waals surface area contributed by atoms with Crippen LogP contribution in [0.1, 0.15) is 52.4 Å². The minimum atomic E-state index is -2.07. The molecule has 29 heavy (non-hydrogen) atoms. The highest BCUT2D eigenvalue weighted by atomic mass is 35.5. The van der Waals surface area contributed by atoms with Gasteiger partial charge in [-0.25, -0.2) is 0 Å². The lowest BCUT2D eigenvalue weighted by Gasteiger charge is -2.54. The number of methoxy groups -OCH3 is 1. The first kappa shape index (κ1) is 21.2. The van der Waals surface area contributed by atoms with Crippen molar-refractivity contribution < 1.29 is 9.16 Å². The molecule has 0 aromatic rings. The zero-order valence-electron chi connectivity index (χ0n) is 18.5. The first-order valence-electron chi connectivity index (χ1n) is 11.0. The van der Waals surface area contributed by atoms with Crippen molar-refractivity contribution in [1.82, 2.24) is 0 Å². The van der Waals surface area contributed by atoms with Gasteiger partial charge >= 0.3 is 0 Å². The number of hydrogen-bond acceptors (Lipinski definition) is 3. The van der Waals surface area contributed by atoms with Gasteiger partial charge in [-0.05, 0) is 68.7 Å². The summed E-state index contributed by atoms with van der Waals surface area (Å²) in [5.41, 5.74) is 2.81. The molecule has 0 saturated heterocycles. The lowest BCUT2D eigenvalue weighted by atomic mass is 9.52. The number of allylic oxidation sites excluding steroid dienone is 6.